The predicted octanol–water partition coefficient (Wildman–Crippen LogP) is 3.53. The Kier molecular flexibility index (Phi) is 5.68. The van der Waals surface area contributed by atoms with E-state index in [0.29, 0.717) is 24.5 Å². The highest BCUT2D eigenvalue weighted by atomic mass is 32.1. The van der Waals surface area contributed by atoms with E-state index in [1.54, 1.807) is 5.38 Å². The lowest BCUT2D eigenvalue weighted by Crippen LogP contribution is -2.36. The number of hydrogen-bond acceptors (Lipinski definition) is 5. The minimum absolute atomic E-state index is 0.205. The maximum atomic E-state index is 13.5. The van der Waals surface area contributed by atoms with Gasteiger partial charge in [-0.2, -0.15) is 0 Å². The third-order valence-electron chi connectivity index (χ3n) is 3.18. The van der Waals surface area contributed by atoms with Gasteiger partial charge in [-0.3, -0.25) is 0 Å². The molecular formula is C15H19F2N3OS. The normalized spacial score (nSPS) is 14.5. The molecule has 1 fully saturated rings. The molecule has 120 valence electrons. The Hall–Kier alpha value is -1.73. The van der Waals surface area contributed by atoms with Crippen molar-refractivity contribution in [2.45, 2.75) is 13.8 Å². The van der Waals surface area contributed by atoms with Gasteiger partial charge in [0.2, 0.25) is 0 Å². The van der Waals surface area contributed by atoms with Crippen molar-refractivity contribution in [1.82, 2.24) is 4.98 Å². The number of morpholine rings is 1. The zero-order valence-electron chi connectivity index (χ0n) is 12.6. The second-order valence-electron chi connectivity index (χ2n) is 4.44. The molecule has 1 aromatic heterocycles. The molecule has 0 spiro atoms. The highest BCUT2D eigenvalue weighted by molar-refractivity contribution is 7.14. The second kappa shape index (κ2) is 7.51. The molecule has 7 heteroatoms. The molecule has 22 heavy (non-hydrogen) atoms. The summed E-state index contributed by atoms with van der Waals surface area (Å²) in [4.78, 5) is 6.56. The van der Waals surface area contributed by atoms with Crippen LogP contribution in [0, 0.1) is 11.6 Å². The fraction of sp³-hybridized carbons (Fsp3) is 0.400. The monoisotopic (exact) mass is 327 g/mol. The van der Waals surface area contributed by atoms with Crippen LogP contribution in [0.2, 0.25) is 0 Å². The molecule has 0 aliphatic carbocycles. The van der Waals surface area contributed by atoms with Crippen molar-refractivity contribution < 1.29 is 13.5 Å². The number of thiazole rings is 1. The summed E-state index contributed by atoms with van der Waals surface area (Å²) in [6, 6.07) is 2.51. The molecule has 0 radical (unpaired) electrons. The zero-order chi connectivity index (χ0) is 16.1. The van der Waals surface area contributed by atoms with Gasteiger partial charge in [-0.05, 0) is 12.1 Å². The summed E-state index contributed by atoms with van der Waals surface area (Å²) in [5, 5.41) is 2.64. The van der Waals surface area contributed by atoms with E-state index in [1.165, 1.54) is 17.4 Å². The molecule has 3 rings (SSSR count). The molecule has 0 saturated carbocycles. The molecule has 0 atom stereocenters. The van der Waals surface area contributed by atoms with E-state index in [2.05, 4.69) is 9.88 Å². The first-order chi connectivity index (χ1) is 10.7. The Balaban J connectivity index is 0.000000847. The molecule has 0 unspecified atom stereocenters. The van der Waals surface area contributed by atoms with E-state index in [4.69, 9.17) is 10.5 Å². The number of nitrogens with zero attached hydrogens (tertiary/aromatic N) is 2. The average Bonchev–Trinajstić information content (AvgIpc) is 3.05. The molecular weight excluding hydrogens is 308 g/mol. The summed E-state index contributed by atoms with van der Waals surface area (Å²) in [5.74, 6) is -1.97. The first-order valence-corrected chi connectivity index (χ1v) is 8.07. The van der Waals surface area contributed by atoms with Gasteiger partial charge in [0.15, 0.2) is 16.8 Å². The van der Waals surface area contributed by atoms with Gasteiger partial charge < -0.3 is 15.4 Å². The minimum atomic E-state index is -1.02. The van der Waals surface area contributed by atoms with E-state index in [-0.39, 0.29) is 5.69 Å². The Labute approximate surface area is 132 Å². The van der Waals surface area contributed by atoms with Crippen molar-refractivity contribution in [1.29, 1.82) is 0 Å². The number of benzene rings is 1. The maximum absolute atomic E-state index is 13.5. The van der Waals surface area contributed by atoms with Gasteiger partial charge in [0.05, 0.1) is 24.6 Å². The van der Waals surface area contributed by atoms with Crippen molar-refractivity contribution in [3.05, 3.63) is 29.1 Å². The van der Waals surface area contributed by atoms with Crippen molar-refractivity contribution in [2.75, 3.05) is 36.9 Å². The molecule has 2 heterocycles. The van der Waals surface area contributed by atoms with Crippen molar-refractivity contribution in [2.24, 2.45) is 0 Å². The summed E-state index contributed by atoms with van der Waals surface area (Å²) < 4.78 is 31.8. The van der Waals surface area contributed by atoms with Gasteiger partial charge in [0, 0.05) is 24.0 Å². The Morgan fingerprint density at radius 2 is 1.91 bits per heavy atom. The van der Waals surface area contributed by atoms with Crippen LogP contribution in [0.4, 0.5) is 19.6 Å². The minimum Gasteiger partial charge on any atom is -0.396 e. The fourth-order valence-corrected chi connectivity index (χ4v) is 2.96. The van der Waals surface area contributed by atoms with Crippen LogP contribution in [0.5, 0.6) is 0 Å². The van der Waals surface area contributed by atoms with Crippen molar-refractivity contribution in [3.8, 4) is 11.3 Å². The predicted molar refractivity (Wildman–Crippen MR) is 86.3 cm³/mol. The summed E-state index contributed by atoms with van der Waals surface area (Å²) in [5.41, 5.74) is 6.39. The summed E-state index contributed by atoms with van der Waals surface area (Å²) in [6.07, 6.45) is 0. The topological polar surface area (TPSA) is 51.4 Å². The molecule has 0 amide bonds. The fourth-order valence-electron chi connectivity index (χ4n) is 2.08. The number of anilines is 2. The van der Waals surface area contributed by atoms with Gasteiger partial charge in [0.25, 0.3) is 0 Å². The Bertz CT molecular complexity index is 627. The average molecular weight is 327 g/mol. The molecule has 1 aromatic carbocycles. The standard InChI is InChI=1S/C13H13F2N3OS.C2H6/c14-9-2-1-8(12(16)11(9)15)10-7-20-13(17-10)18-3-5-19-6-4-18;1-2/h1-2,7H,3-6,16H2;1-2H3. The molecule has 4 nitrogen and oxygen atoms in total. The van der Waals surface area contributed by atoms with Crippen LogP contribution in [0.1, 0.15) is 13.8 Å². The van der Waals surface area contributed by atoms with Gasteiger partial charge in [0.1, 0.15) is 0 Å². The molecule has 1 aliphatic rings. The zero-order valence-corrected chi connectivity index (χ0v) is 13.4. The van der Waals surface area contributed by atoms with Crippen LogP contribution in [0.25, 0.3) is 11.3 Å². The lowest BCUT2D eigenvalue weighted by molar-refractivity contribution is 0.122. The largest absolute Gasteiger partial charge is 0.396 e. The molecule has 1 aliphatic heterocycles. The van der Waals surface area contributed by atoms with Crippen molar-refractivity contribution >= 4 is 22.2 Å². The smallest absolute Gasteiger partial charge is 0.186 e. The summed E-state index contributed by atoms with van der Waals surface area (Å²) in [6.45, 7) is 6.89. The molecule has 2 aromatic rings. The third kappa shape index (κ3) is 3.36. The Morgan fingerprint density at radius 3 is 2.59 bits per heavy atom. The van der Waals surface area contributed by atoms with Crippen molar-refractivity contribution in [3.63, 3.8) is 0 Å². The SMILES string of the molecule is CC.Nc1c(-c2csc(N3CCOCC3)n2)ccc(F)c1F. The highest BCUT2D eigenvalue weighted by Gasteiger charge is 2.18. The number of nitrogen functional groups attached to an aromatic ring is 1. The third-order valence-corrected chi connectivity index (χ3v) is 4.08. The number of nitrogens with two attached hydrogens (primary N) is 1. The number of rotatable bonds is 2. The van der Waals surface area contributed by atoms with Crippen LogP contribution >= 0.6 is 11.3 Å². The number of ether oxygens (including phenoxy) is 1. The second-order valence-corrected chi connectivity index (χ2v) is 5.27. The van der Waals surface area contributed by atoms with E-state index in [0.717, 1.165) is 24.3 Å². The van der Waals surface area contributed by atoms with E-state index in [9.17, 15) is 8.78 Å². The quantitative estimate of drug-likeness (QED) is 0.857. The van der Waals surface area contributed by atoms with Crippen LogP contribution in [0.15, 0.2) is 17.5 Å². The van der Waals surface area contributed by atoms with Gasteiger partial charge >= 0.3 is 0 Å². The molecule has 2 N–H and O–H groups in total. The molecule has 1 saturated heterocycles. The van der Waals surface area contributed by atoms with Gasteiger partial charge in [-0.25, -0.2) is 13.8 Å². The Morgan fingerprint density at radius 1 is 1.23 bits per heavy atom. The maximum Gasteiger partial charge on any atom is 0.186 e. The van der Waals surface area contributed by atoms with Crippen LogP contribution in [-0.2, 0) is 4.74 Å². The summed E-state index contributed by atoms with van der Waals surface area (Å²) in [7, 11) is 0. The summed E-state index contributed by atoms with van der Waals surface area (Å²) >= 11 is 1.46. The first-order valence-electron chi connectivity index (χ1n) is 7.19. The number of halogens is 2. The lowest BCUT2D eigenvalue weighted by Gasteiger charge is -2.26. The van der Waals surface area contributed by atoms with Crippen LogP contribution < -0.4 is 10.6 Å². The van der Waals surface area contributed by atoms with Gasteiger partial charge in [-0.1, -0.05) is 13.8 Å². The van der Waals surface area contributed by atoms with Crippen LogP contribution in [0.3, 0.4) is 0 Å². The lowest BCUT2D eigenvalue weighted by atomic mass is 10.1. The van der Waals surface area contributed by atoms with E-state index >= 15 is 0 Å². The van der Waals surface area contributed by atoms with Gasteiger partial charge in [-0.15, -0.1) is 11.3 Å². The number of hydrogen-bond donors (Lipinski definition) is 1. The van der Waals surface area contributed by atoms with E-state index in [1.807, 2.05) is 13.8 Å². The van der Waals surface area contributed by atoms with E-state index < -0.39 is 11.6 Å². The first kappa shape index (κ1) is 16.6. The highest BCUT2D eigenvalue weighted by Crippen LogP contribution is 2.33. The molecule has 0 bridgehead atoms. The van der Waals surface area contributed by atoms with Crippen LogP contribution in [-0.4, -0.2) is 31.3 Å². The number of aromatic nitrogens is 1.